The highest BCUT2D eigenvalue weighted by atomic mass is 32.1. The molecule has 2 saturated heterocycles. The maximum Gasteiger partial charge on any atom is 0.320 e. The number of amides is 2. The molecule has 0 saturated carbocycles. The molecule has 13 heteroatoms. The summed E-state index contributed by atoms with van der Waals surface area (Å²) in [5.41, 5.74) is 3.80. The van der Waals surface area contributed by atoms with Gasteiger partial charge in [-0.3, -0.25) is 0 Å². The summed E-state index contributed by atoms with van der Waals surface area (Å²) in [5.74, 6) is -0.758. The van der Waals surface area contributed by atoms with E-state index in [0.29, 0.717) is 91.4 Å². The number of hydrogen-bond acceptors (Lipinski definition) is 8. The Morgan fingerprint density at radius 1 is 1.10 bits per heavy atom. The largest absolute Gasteiger partial charge is 0.378 e. The molecule has 0 N–H and O–H groups in total. The van der Waals surface area contributed by atoms with Crippen LogP contribution in [0, 0.1) is 23.0 Å². The third-order valence-electron chi connectivity index (χ3n) is 7.71. The summed E-state index contributed by atoms with van der Waals surface area (Å²) in [7, 11) is 1.85. The number of rotatable bonds is 5. The maximum atomic E-state index is 15.4. The Labute approximate surface area is 245 Å². The summed E-state index contributed by atoms with van der Waals surface area (Å²) in [5, 5.41) is 15.0. The molecule has 0 bridgehead atoms. The minimum atomic E-state index is -0.394. The van der Waals surface area contributed by atoms with Crippen molar-refractivity contribution in [3.05, 3.63) is 58.7 Å². The van der Waals surface area contributed by atoms with E-state index in [1.807, 2.05) is 33.6 Å². The summed E-state index contributed by atoms with van der Waals surface area (Å²) >= 11 is 1.23. The molecule has 218 valence electrons. The zero-order valence-electron chi connectivity index (χ0n) is 23.4. The van der Waals surface area contributed by atoms with Crippen molar-refractivity contribution in [3.63, 3.8) is 0 Å². The van der Waals surface area contributed by atoms with Gasteiger partial charge in [0.1, 0.15) is 22.5 Å². The van der Waals surface area contributed by atoms with Gasteiger partial charge in [-0.25, -0.2) is 23.1 Å². The zero-order chi connectivity index (χ0) is 29.4. The highest BCUT2D eigenvalue weighted by molar-refractivity contribution is 7.16. The van der Waals surface area contributed by atoms with Crippen molar-refractivity contribution < 1.29 is 18.3 Å². The SMILES string of the molecule is CCc1nn2cc(F)c(N3CCN(C(=O)N4CCOCC4)CC3)cc2c1N(C)c1nc(-c2ccc(F)cc2)c(C#N)s1. The van der Waals surface area contributed by atoms with Crippen LogP contribution in [-0.2, 0) is 11.2 Å². The highest BCUT2D eigenvalue weighted by Gasteiger charge is 2.29. The van der Waals surface area contributed by atoms with Gasteiger partial charge in [0, 0.05) is 51.9 Å². The van der Waals surface area contributed by atoms with Crippen molar-refractivity contribution in [2.45, 2.75) is 13.3 Å². The molecular formula is C29H30F2N8O2S. The average Bonchev–Trinajstić information content (AvgIpc) is 3.62. The number of morpholine rings is 1. The van der Waals surface area contributed by atoms with Crippen molar-refractivity contribution in [1.29, 1.82) is 5.26 Å². The Balaban J connectivity index is 1.29. The number of carbonyl (C=O) groups excluding carboxylic acids is 1. The standard InChI is InChI=1S/C29H30F2N8O2S/c1-3-22-27(35(2)28-33-26(25(17-32)42-28)19-4-6-20(30)7-5-19)24-16-23(21(31)18-39(24)34-22)36-8-10-37(11-9-36)29(40)38-12-14-41-15-13-38/h4-7,16,18H,3,8-15H2,1-2H3. The van der Waals surface area contributed by atoms with Crippen LogP contribution in [0.5, 0.6) is 0 Å². The number of ether oxygens (including phenoxy) is 1. The van der Waals surface area contributed by atoms with Gasteiger partial charge in [-0.05, 0) is 36.8 Å². The number of hydrogen-bond donors (Lipinski definition) is 0. The van der Waals surface area contributed by atoms with Gasteiger partial charge in [-0.1, -0.05) is 18.3 Å². The molecule has 2 fully saturated rings. The van der Waals surface area contributed by atoms with Crippen molar-refractivity contribution in [3.8, 4) is 17.3 Å². The number of urea groups is 1. The number of aryl methyl sites for hydroxylation is 1. The number of nitriles is 1. The number of benzene rings is 1. The number of nitrogens with zero attached hydrogens (tertiary/aromatic N) is 8. The lowest BCUT2D eigenvalue weighted by Gasteiger charge is -2.39. The quantitative estimate of drug-likeness (QED) is 0.337. The summed E-state index contributed by atoms with van der Waals surface area (Å²) < 4.78 is 35.9. The van der Waals surface area contributed by atoms with Crippen LogP contribution in [-0.4, -0.2) is 90.0 Å². The molecular weight excluding hydrogens is 562 g/mol. The van der Waals surface area contributed by atoms with Gasteiger partial charge in [0.15, 0.2) is 10.9 Å². The molecule has 0 spiro atoms. The lowest BCUT2D eigenvalue weighted by molar-refractivity contribution is 0.0428. The maximum absolute atomic E-state index is 15.4. The number of halogens is 2. The number of aromatic nitrogens is 3. The van der Waals surface area contributed by atoms with Crippen LogP contribution < -0.4 is 9.80 Å². The van der Waals surface area contributed by atoms with E-state index in [0.717, 1.165) is 11.4 Å². The van der Waals surface area contributed by atoms with Crippen LogP contribution in [0.2, 0.25) is 0 Å². The number of piperazine rings is 1. The van der Waals surface area contributed by atoms with Gasteiger partial charge in [0.05, 0.1) is 42.0 Å². The van der Waals surface area contributed by atoms with E-state index in [-0.39, 0.29) is 11.8 Å². The van der Waals surface area contributed by atoms with Crippen molar-refractivity contribution in [2.24, 2.45) is 0 Å². The van der Waals surface area contributed by atoms with Crippen LogP contribution in [0.3, 0.4) is 0 Å². The molecule has 10 nitrogen and oxygen atoms in total. The Morgan fingerprint density at radius 2 is 1.79 bits per heavy atom. The number of fused-ring (bicyclic) bond motifs is 1. The first-order valence-corrected chi connectivity index (χ1v) is 14.7. The number of carbonyl (C=O) groups is 1. The van der Waals surface area contributed by atoms with Gasteiger partial charge >= 0.3 is 6.03 Å². The van der Waals surface area contributed by atoms with Crippen molar-refractivity contribution >= 4 is 39.4 Å². The van der Waals surface area contributed by atoms with E-state index in [9.17, 15) is 14.4 Å². The third-order valence-corrected chi connectivity index (χ3v) is 8.75. The average molecular weight is 593 g/mol. The van der Waals surface area contributed by atoms with Crippen LogP contribution in [0.1, 0.15) is 17.5 Å². The first kappa shape index (κ1) is 27.9. The third kappa shape index (κ3) is 5.12. The summed E-state index contributed by atoms with van der Waals surface area (Å²) in [6.07, 6.45) is 1.99. The second-order valence-corrected chi connectivity index (χ2v) is 11.2. The minimum absolute atomic E-state index is 0.00126. The Hall–Kier alpha value is -4.28. The van der Waals surface area contributed by atoms with E-state index in [1.165, 1.54) is 29.7 Å². The predicted molar refractivity (Wildman–Crippen MR) is 156 cm³/mol. The Bertz CT molecular complexity index is 1650. The Morgan fingerprint density at radius 3 is 2.45 bits per heavy atom. The second-order valence-electron chi connectivity index (χ2n) is 10.2. The van der Waals surface area contributed by atoms with E-state index >= 15 is 4.39 Å². The minimum Gasteiger partial charge on any atom is -0.378 e. The van der Waals surface area contributed by atoms with Crippen molar-refractivity contribution in [1.82, 2.24) is 24.4 Å². The molecule has 5 heterocycles. The van der Waals surface area contributed by atoms with E-state index in [2.05, 4.69) is 11.2 Å². The first-order chi connectivity index (χ1) is 20.4. The first-order valence-electron chi connectivity index (χ1n) is 13.9. The molecule has 0 aliphatic carbocycles. The molecule has 6 rings (SSSR count). The topological polar surface area (TPSA) is 93.2 Å². The molecule has 3 aromatic heterocycles. The van der Waals surface area contributed by atoms with E-state index < -0.39 is 5.82 Å². The molecule has 2 amide bonds. The fourth-order valence-electron chi connectivity index (χ4n) is 5.46. The number of pyridine rings is 1. The fourth-order valence-corrected chi connectivity index (χ4v) is 6.31. The van der Waals surface area contributed by atoms with E-state index in [1.54, 1.807) is 22.7 Å². The van der Waals surface area contributed by atoms with Gasteiger partial charge in [0.25, 0.3) is 0 Å². The summed E-state index contributed by atoms with van der Waals surface area (Å²) in [6.45, 7) is 6.24. The van der Waals surface area contributed by atoms with Crippen molar-refractivity contribution in [2.75, 3.05) is 69.3 Å². The zero-order valence-corrected chi connectivity index (χ0v) is 24.2. The Kier molecular flexibility index (Phi) is 7.66. The molecule has 2 aliphatic heterocycles. The molecule has 1 aromatic carbocycles. The second kappa shape index (κ2) is 11.5. The van der Waals surface area contributed by atoms with Gasteiger partial charge < -0.3 is 24.3 Å². The predicted octanol–water partition coefficient (Wildman–Crippen LogP) is 4.51. The van der Waals surface area contributed by atoms with Crippen LogP contribution in [0.25, 0.3) is 16.8 Å². The van der Waals surface area contributed by atoms with Gasteiger partial charge in [0.2, 0.25) is 0 Å². The van der Waals surface area contributed by atoms with Crippen LogP contribution in [0.4, 0.5) is 30.1 Å². The smallest absolute Gasteiger partial charge is 0.320 e. The monoisotopic (exact) mass is 592 g/mol. The molecule has 0 unspecified atom stereocenters. The molecule has 2 aliphatic rings. The van der Waals surface area contributed by atoms with Gasteiger partial charge in [-0.15, -0.1) is 0 Å². The summed E-state index contributed by atoms with van der Waals surface area (Å²) in [6, 6.07) is 9.89. The molecule has 4 aromatic rings. The van der Waals surface area contributed by atoms with E-state index in [4.69, 9.17) is 9.72 Å². The molecule has 0 radical (unpaired) electrons. The summed E-state index contributed by atoms with van der Waals surface area (Å²) in [4.78, 5) is 25.5. The normalized spacial score (nSPS) is 15.7. The fraction of sp³-hybridized carbons (Fsp3) is 0.379. The highest BCUT2D eigenvalue weighted by Crippen LogP contribution is 2.39. The van der Waals surface area contributed by atoms with Gasteiger partial charge in [-0.2, -0.15) is 10.4 Å². The number of anilines is 3. The number of thiazole rings is 1. The van der Waals surface area contributed by atoms with Crippen LogP contribution in [0.15, 0.2) is 36.5 Å². The lowest BCUT2D eigenvalue weighted by atomic mass is 10.1. The molecule has 42 heavy (non-hydrogen) atoms. The molecule has 0 atom stereocenters. The van der Waals surface area contributed by atoms with Crippen LogP contribution >= 0.6 is 11.3 Å². The lowest BCUT2D eigenvalue weighted by Crippen LogP contribution is -2.55.